The highest BCUT2D eigenvalue weighted by Gasteiger charge is 2.03. The van der Waals surface area contributed by atoms with Gasteiger partial charge in [-0.1, -0.05) is 12.1 Å². The highest BCUT2D eigenvalue weighted by atomic mass is 15.0. The zero-order valence-corrected chi connectivity index (χ0v) is 9.80. The molecule has 0 aliphatic rings. The summed E-state index contributed by atoms with van der Waals surface area (Å²) in [7, 11) is 0. The first kappa shape index (κ1) is 10.7. The Morgan fingerprint density at radius 3 is 2.72 bits per heavy atom. The average Bonchev–Trinajstić information content (AvgIpc) is 2.81. The van der Waals surface area contributed by atoms with Crippen molar-refractivity contribution in [3.8, 4) is 0 Å². The fourth-order valence-electron chi connectivity index (χ4n) is 1.88. The lowest BCUT2D eigenvalue weighted by molar-refractivity contribution is 0.889. The van der Waals surface area contributed by atoms with Gasteiger partial charge in [-0.05, 0) is 24.1 Å². The van der Waals surface area contributed by atoms with Gasteiger partial charge in [0.05, 0.1) is 6.20 Å². The van der Waals surface area contributed by atoms with Crippen molar-refractivity contribution in [3.05, 3.63) is 48.2 Å². The van der Waals surface area contributed by atoms with E-state index in [1.165, 1.54) is 11.9 Å². The molecule has 2 aromatic heterocycles. The predicted molar refractivity (Wildman–Crippen MR) is 69.9 cm³/mol. The maximum Gasteiger partial charge on any atom is 0.180 e. The molecular weight excluding hydrogens is 226 g/mol. The molecule has 0 fully saturated rings. The number of nitrogens with one attached hydrogen (secondary N) is 1. The van der Waals surface area contributed by atoms with Gasteiger partial charge >= 0.3 is 0 Å². The van der Waals surface area contributed by atoms with Crippen LogP contribution in [0, 0.1) is 0 Å². The van der Waals surface area contributed by atoms with Crippen LogP contribution < -0.4 is 5.73 Å². The lowest BCUT2D eigenvalue weighted by atomic mass is 10.1. The van der Waals surface area contributed by atoms with Crippen molar-refractivity contribution in [2.45, 2.75) is 12.8 Å². The molecule has 1 aromatic carbocycles. The Morgan fingerprint density at radius 2 is 1.94 bits per heavy atom. The summed E-state index contributed by atoms with van der Waals surface area (Å²) in [5.74, 6) is 0.933. The number of benzene rings is 1. The normalized spacial score (nSPS) is 10.9. The summed E-state index contributed by atoms with van der Waals surface area (Å²) in [5, 5.41) is 0. The van der Waals surface area contributed by atoms with Gasteiger partial charge in [0.15, 0.2) is 5.65 Å². The number of hydrogen-bond acceptors (Lipinski definition) is 4. The first-order valence-corrected chi connectivity index (χ1v) is 5.80. The Morgan fingerprint density at radius 1 is 1.11 bits per heavy atom. The van der Waals surface area contributed by atoms with Gasteiger partial charge < -0.3 is 10.7 Å². The molecule has 5 nitrogen and oxygen atoms in total. The van der Waals surface area contributed by atoms with Gasteiger partial charge in [-0.15, -0.1) is 0 Å². The second kappa shape index (κ2) is 4.44. The van der Waals surface area contributed by atoms with Crippen molar-refractivity contribution in [1.29, 1.82) is 0 Å². The molecule has 0 aliphatic heterocycles. The predicted octanol–water partition coefficient (Wildman–Crippen LogP) is 1.72. The Kier molecular flexibility index (Phi) is 2.64. The third-order valence-corrected chi connectivity index (χ3v) is 2.84. The molecule has 90 valence electrons. The summed E-state index contributed by atoms with van der Waals surface area (Å²) in [6.45, 7) is 0. The molecule has 0 saturated carbocycles. The van der Waals surface area contributed by atoms with Crippen LogP contribution in [-0.4, -0.2) is 19.9 Å². The minimum Gasteiger partial charge on any atom is -0.399 e. The van der Waals surface area contributed by atoms with E-state index in [1.807, 2.05) is 24.3 Å². The minimum atomic E-state index is 0.720. The molecule has 0 atom stereocenters. The van der Waals surface area contributed by atoms with Crippen LogP contribution in [0.3, 0.4) is 0 Å². The van der Waals surface area contributed by atoms with E-state index in [0.29, 0.717) is 0 Å². The highest BCUT2D eigenvalue weighted by molar-refractivity contribution is 5.68. The second-order valence-electron chi connectivity index (χ2n) is 4.19. The molecule has 0 unspecified atom stereocenters. The van der Waals surface area contributed by atoms with E-state index >= 15 is 0 Å². The minimum absolute atomic E-state index is 0.720. The quantitative estimate of drug-likeness (QED) is 0.682. The number of nitrogens with two attached hydrogens (primary N) is 1. The topological polar surface area (TPSA) is 80.5 Å². The maximum absolute atomic E-state index is 5.65. The summed E-state index contributed by atoms with van der Waals surface area (Å²) in [6.07, 6.45) is 5.02. The van der Waals surface area contributed by atoms with Crippen LogP contribution in [-0.2, 0) is 12.8 Å². The number of H-pyrrole nitrogens is 1. The molecule has 3 aromatic rings. The molecule has 0 amide bonds. The van der Waals surface area contributed by atoms with Crippen LogP contribution in [0.5, 0.6) is 0 Å². The van der Waals surface area contributed by atoms with Crippen molar-refractivity contribution >= 4 is 16.9 Å². The number of rotatable bonds is 3. The highest BCUT2D eigenvalue weighted by Crippen LogP contribution is 2.10. The summed E-state index contributed by atoms with van der Waals surface area (Å²) in [4.78, 5) is 15.7. The van der Waals surface area contributed by atoms with Crippen LogP contribution in [0.2, 0.25) is 0 Å². The van der Waals surface area contributed by atoms with E-state index in [2.05, 4.69) is 19.9 Å². The van der Waals surface area contributed by atoms with E-state index in [9.17, 15) is 0 Å². The zero-order chi connectivity index (χ0) is 12.4. The van der Waals surface area contributed by atoms with Gasteiger partial charge in [-0.2, -0.15) is 0 Å². The molecule has 3 rings (SSSR count). The van der Waals surface area contributed by atoms with E-state index in [4.69, 9.17) is 5.73 Å². The average molecular weight is 239 g/mol. The molecule has 0 spiro atoms. The van der Waals surface area contributed by atoms with Crippen LogP contribution in [0.25, 0.3) is 11.2 Å². The standard InChI is InChI=1S/C13H13N5/c14-10-4-1-9(2-5-10)3-6-12-17-11-7-15-8-16-13(11)18-12/h1-2,4-5,7-8H,3,6,14H2,(H,15,16,17,18). The van der Waals surface area contributed by atoms with Crippen LogP contribution in [0.4, 0.5) is 5.69 Å². The second-order valence-corrected chi connectivity index (χ2v) is 4.19. The Bertz CT molecular complexity index is 623. The van der Waals surface area contributed by atoms with Gasteiger partial charge in [0.1, 0.15) is 17.7 Å². The monoisotopic (exact) mass is 239 g/mol. The maximum atomic E-state index is 5.65. The third kappa shape index (κ3) is 2.15. The molecule has 18 heavy (non-hydrogen) atoms. The van der Waals surface area contributed by atoms with Crippen LogP contribution in [0.1, 0.15) is 11.4 Å². The van der Waals surface area contributed by atoms with Gasteiger partial charge in [-0.25, -0.2) is 15.0 Å². The molecule has 0 radical (unpaired) electrons. The summed E-state index contributed by atoms with van der Waals surface area (Å²) < 4.78 is 0. The fourth-order valence-corrected chi connectivity index (χ4v) is 1.88. The fraction of sp³-hybridized carbons (Fsp3) is 0.154. The number of aromatic nitrogens is 4. The first-order chi connectivity index (χ1) is 8.81. The Balaban J connectivity index is 1.74. The van der Waals surface area contributed by atoms with Gasteiger partial charge in [-0.3, -0.25) is 0 Å². The molecular formula is C13H13N5. The molecule has 3 N–H and O–H groups in total. The van der Waals surface area contributed by atoms with Crippen LogP contribution >= 0.6 is 0 Å². The van der Waals surface area contributed by atoms with Crippen LogP contribution in [0.15, 0.2) is 36.8 Å². The van der Waals surface area contributed by atoms with Gasteiger partial charge in [0, 0.05) is 12.1 Å². The van der Waals surface area contributed by atoms with E-state index in [-0.39, 0.29) is 0 Å². The summed E-state index contributed by atoms with van der Waals surface area (Å²) in [6, 6.07) is 7.91. The number of aryl methyl sites for hydroxylation is 2. The van der Waals surface area contributed by atoms with E-state index in [0.717, 1.165) is 35.5 Å². The number of hydrogen-bond donors (Lipinski definition) is 2. The molecule has 5 heteroatoms. The zero-order valence-electron chi connectivity index (χ0n) is 9.80. The Hall–Kier alpha value is -2.43. The van der Waals surface area contributed by atoms with Crippen molar-refractivity contribution in [1.82, 2.24) is 19.9 Å². The van der Waals surface area contributed by atoms with E-state index in [1.54, 1.807) is 6.20 Å². The van der Waals surface area contributed by atoms with Gasteiger partial charge in [0.2, 0.25) is 0 Å². The van der Waals surface area contributed by atoms with Crippen molar-refractivity contribution in [2.75, 3.05) is 5.73 Å². The summed E-state index contributed by atoms with van der Waals surface area (Å²) >= 11 is 0. The number of imidazole rings is 1. The summed E-state index contributed by atoms with van der Waals surface area (Å²) in [5.41, 5.74) is 9.29. The first-order valence-electron chi connectivity index (χ1n) is 5.80. The van der Waals surface area contributed by atoms with Crippen molar-refractivity contribution in [3.63, 3.8) is 0 Å². The number of fused-ring (bicyclic) bond motifs is 1. The lowest BCUT2D eigenvalue weighted by Crippen LogP contribution is -1.94. The number of nitrogen functional groups attached to an aromatic ring is 1. The smallest absolute Gasteiger partial charge is 0.180 e. The molecule has 0 aliphatic carbocycles. The molecule has 0 saturated heterocycles. The number of nitrogens with zero attached hydrogens (tertiary/aromatic N) is 3. The Labute approximate surface area is 104 Å². The molecule has 0 bridgehead atoms. The third-order valence-electron chi connectivity index (χ3n) is 2.84. The van der Waals surface area contributed by atoms with Crippen molar-refractivity contribution < 1.29 is 0 Å². The lowest BCUT2D eigenvalue weighted by Gasteiger charge is -1.99. The molecule has 2 heterocycles. The number of aromatic amines is 1. The van der Waals surface area contributed by atoms with E-state index < -0.39 is 0 Å². The van der Waals surface area contributed by atoms with Crippen molar-refractivity contribution in [2.24, 2.45) is 0 Å². The largest absolute Gasteiger partial charge is 0.399 e. The van der Waals surface area contributed by atoms with Gasteiger partial charge in [0.25, 0.3) is 0 Å². The number of anilines is 1. The SMILES string of the molecule is Nc1ccc(CCc2nc3ncncc3[nH]2)cc1.